The summed E-state index contributed by atoms with van der Waals surface area (Å²) in [4.78, 5) is 0. The Kier molecular flexibility index (Phi) is 8.35. The Morgan fingerprint density at radius 1 is 0.950 bits per heavy atom. The second-order valence-electron chi connectivity index (χ2n) is 3.81. The molecule has 6 heteroatoms. The average molecular weight is 384 g/mol. The molecule has 0 fully saturated rings. The molecule has 0 amide bonds. The van der Waals surface area contributed by atoms with E-state index in [1.807, 2.05) is 43.4 Å². The molecule has 0 heterocycles. The molecule has 0 N–H and O–H groups in total. The number of para-hydroxylation sites is 1. The normalized spacial score (nSPS) is 9.75. The fourth-order valence-electron chi connectivity index (χ4n) is 1.53. The second kappa shape index (κ2) is 8.88. The van der Waals surface area contributed by atoms with E-state index in [1.165, 1.54) is 11.1 Å². The molecule has 0 aliphatic rings. The van der Waals surface area contributed by atoms with Crippen LogP contribution >= 0.6 is 0 Å². The molecular weight excluding hydrogens is 369 g/mol. The zero-order valence-electron chi connectivity index (χ0n) is 11.1. The summed E-state index contributed by atoms with van der Waals surface area (Å²) < 4.78 is 27.2. The summed E-state index contributed by atoms with van der Waals surface area (Å²) in [7, 11) is -2.10. The predicted molar refractivity (Wildman–Crippen MR) is 76.4 cm³/mol. The molecule has 0 atom stereocenters. The molecule has 0 spiro atoms. The molecule has 110 valence electrons. The molecule has 2 rings (SSSR count). The van der Waals surface area contributed by atoms with Crippen LogP contribution in [0.15, 0.2) is 54.6 Å². The Bertz CT molecular complexity index is 607. The first-order chi connectivity index (χ1) is 8.92. The van der Waals surface area contributed by atoms with Gasteiger partial charge in [-0.2, -0.15) is 0 Å². The molecule has 4 nitrogen and oxygen atoms in total. The minimum atomic E-state index is -3.92. The third-order valence-electron chi connectivity index (χ3n) is 2.23. The molecule has 2 aromatic rings. The van der Waals surface area contributed by atoms with E-state index in [2.05, 4.69) is 23.5 Å². The van der Waals surface area contributed by atoms with Gasteiger partial charge in [0.15, 0.2) is 0 Å². The first-order valence-corrected chi connectivity index (χ1v) is 7.38. The van der Waals surface area contributed by atoms with Gasteiger partial charge in [-0.1, -0.05) is 54.6 Å². The first-order valence-electron chi connectivity index (χ1n) is 5.57. The zero-order chi connectivity index (χ0) is 14.3. The Balaban J connectivity index is 0.000000526. The molecule has 0 unspecified atom stereocenters. The molecule has 0 saturated heterocycles. The molecule has 0 radical (unpaired) electrons. The van der Waals surface area contributed by atoms with Crippen molar-refractivity contribution in [2.45, 2.75) is 0 Å². The third-order valence-corrected chi connectivity index (χ3v) is 2.23. The van der Waals surface area contributed by atoms with Crippen LogP contribution in [0.4, 0.5) is 5.69 Å². The van der Waals surface area contributed by atoms with E-state index in [1.54, 1.807) is 0 Å². The van der Waals surface area contributed by atoms with E-state index in [0.29, 0.717) is 6.26 Å². The Morgan fingerprint density at radius 2 is 1.40 bits per heavy atom. The van der Waals surface area contributed by atoms with Crippen LogP contribution in [0.1, 0.15) is 0 Å². The quantitative estimate of drug-likeness (QED) is 0.590. The second-order valence-corrected chi connectivity index (χ2v) is 5.22. The van der Waals surface area contributed by atoms with Crippen molar-refractivity contribution >= 4 is 15.8 Å². The summed E-state index contributed by atoms with van der Waals surface area (Å²) in [6.07, 6.45) is 0.604. The van der Waals surface area contributed by atoms with Crippen LogP contribution in [-0.4, -0.2) is 26.3 Å². The van der Waals surface area contributed by atoms with Crippen LogP contribution < -0.4 is 0 Å². The summed E-state index contributed by atoms with van der Waals surface area (Å²) in [5, 5.41) is 4.25. The number of hydrogen-bond acceptors (Lipinski definition) is 3. The van der Waals surface area contributed by atoms with Gasteiger partial charge in [0.05, 0.1) is 10.1 Å². The summed E-state index contributed by atoms with van der Waals surface area (Å²) in [5.41, 5.74) is 3.45. The number of nitrogens with zero attached hydrogens (tertiary/aromatic N) is 1. The largest absolute Gasteiger partial charge is 2.00 e. The topological polar surface area (TPSA) is 71.3 Å². The monoisotopic (exact) mass is 383 g/mol. The Morgan fingerprint density at radius 3 is 1.90 bits per heavy atom. The standard InChI is InChI=1S/C13H12N.CH4O3S.Pd/c1-14-13-10-6-5-9-12(13)11-7-3-2-4-8-11;1-5(2,3)4;/h2-10H,1H3;1H3,(H,2,3,4);/q-1;;+2/p-1. The van der Waals surface area contributed by atoms with Crippen molar-refractivity contribution in [3.8, 4) is 11.1 Å². The molecular formula is C14H15NO3PdS. The molecule has 0 aromatic heterocycles. The van der Waals surface area contributed by atoms with Crippen molar-refractivity contribution in [2.75, 3.05) is 13.3 Å². The summed E-state index contributed by atoms with van der Waals surface area (Å²) in [6.45, 7) is 0. The van der Waals surface area contributed by atoms with Crippen molar-refractivity contribution in [1.82, 2.24) is 0 Å². The summed E-state index contributed by atoms with van der Waals surface area (Å²) in [5.74, 6) is 0. The van der Waals surface area contributed by atoms with Crippen molar-refractivity contribution in [3.63, 3.8) is 0 Å². The SMILES string of the molecule is CS(=O)(=O)[O-].C[N-]c1ccccc1-c1ccccc1.[Pd+2]. The molecule has 0 aliphatic heterocycles. The van der Waals surface area contributed by atoms with Gasteiger partial charge in [-0.25, -0.2) is 8.42 Å². The van der Waals surface area contributed by atoms with Gasteiger partial charge >= 0.3 is 20.4 Å². The summed E-state index contributed by atoms with van der Waals surface area (Å²) >= 11 is 0. The number of benzene rings is 2. The molecule has 2 aromatic carbocycles. The molecule has 0 bridgehead atoms. The van der Waals surface area contributed by atoms with Gasteiger partial charge in [0, 0.05) is 6.26 Å². The van der Waals surface area contributed by atoms with E-state index >= 15 is 0 Å². The molecule has 20 heavy (non-hydrogen) atoms. The zero-order valence-corrected chi connectivity index (χ0v) is 13.5. The van der Waals surface area contributed by atoms with Gasteiger partial charge < -0.3 is 9.87 Å². The fourth-order valence-corrected chi connectivity index (χ4v) is 1.53. The van der Waals surface area contributed by atoms with Gasteiger partial charge in [-0.3, -0.25) is 0 Å². The van der Waals surface area contributed by atoms with Crippen LogP contribution in [0.3, 0.4) is 0 Å². The van der Waals surface area contributed by atoms with Crippen LogP contribution in [0.25, 0.3) is 16.4 Å². The van der Waals surface area contributed by atoms with E-state index < -0.39 is 10.1 Å². The van der Waals surface area contributed by atoms with Crippen LogP contribution in [0, 0.1) is 0 Å². The van der Waals surface area contributed by atoms with Crippen LogP contribution in [-0.2, 0) is 30.5 Å². The van der Waals surface area contributed by atoms with Gasteiger partial charge in [0.25, 0.3) is 0 Å². The third kappa shape index (κ3) is 7.41. The van der Waals surface area contributed by atoms with Gasteiger partial charge in [-0.15, -0.1) is 12.7 Å². The maximum Gasteiger partial charge on any atom is 2.00 e. The van der Waals surface area contributed by atoms with E-state index in [-0.39, 0.29) is 20.4 Å². The smallest absolute Gasteiger partial charge is 0.748 e. The maximum absolute atomic E-state index is 9.08. The van der Waals surface area contributed by atoms with Crippen molar-refractivity contribution in [1.29, 1.82) is 0 Å². The van der Waals surface area contributed by atoms with Crippen LogP contribution in [0.2, 0.25) is 0 Å². The minimum Gasteiger partial charge on any atom is -0.748 e. The van der Waals surface area contributed by atoms with Gasteiger partial charge in [0.1, 0.15) is 0 Å². The average Bonchev–Trinajstić information content (AvgIpc) is 2.38. The summed E-state index contributed by atoms with van der Waals surface area (Å²) in [6, 6.07) is 18.5. The van der Waals surface area contributed by atoms with Crippen molar-refractivity contribution < 1.29 is 33.4 Å². The van der Waals surface area contributed by atoms with Crippen molar-refractivity contribution in [2.24, 2.45) is 0 Å². The Hall–Kier alpha value is -1.19. The first kappa shape index (κ1) is 18.8. The predicted octanol–water partition coefficient (Wildman–Crippen LogP) is 3.15. The van der Waals surface area contributed by atoms with Gasteiger partial charge in [-0.05, 0) is 11.1 Å². The maximum atomic E-state index is 9.08. The van der Waals surface area contributed by atoms with Crippen molar-refractivity contribution in [3.05, 3.63) is 59.9 Å². The van der Waals surface area contributed by atoms with E-state index in [0.717, 1.165) is 5.69 Å². The molecule has 0 aliphatic carbocycles. The van der Waals surface area contributed by atoms with Crippen LogP contribution in [0.5, 0.6) is 0 Å². The fraction of sp³-hybridized carbons (Fsp3) is 0.143. The molecule has 0 saturated carbocycles. The number of hydrogen-bond donors (Lipinski definition) is 0. The van der Waals surface area contributed by atoms with E-state index in [9.17, 15) is 0 Å². The number of rotatable bonds is 2. The minimum absolute atomic E-state index is 0. The Labute approximate surface area is 133 Å². The van der Waals surface area contributed by atoms with E-state index in [4.69, 9.17) is 13.0 Å². The van der Waals surface area contributed by atoms with Gasteiger partial charge in [0.2, 0.25) is 0 Å².